The standard InChI is InChI=1S/C21H21F2N3OS/c1-13-3-6-16(7-4-13)25-20(27)10-21-26-17(12-28-21)11-24-14(2)15-5-8-18(22)19(23)9-15/h3-9,12,14,24H,10-11H2,1-2H3,(H,25,27)/t14-/m1/s1. The maximum absolute atomic E-state index is 13.4. The Hall–Kier alpha value is -2.64. The summed E-state index contributed by atoms with van der Waals surface area (Å²) in [5.74, 6) is -1.83. The van der Waals surface area contributed by atoms with E-state index >= 15 is 0 Å². The van der Waals surface area contributed by atoms with Gasteiger partial charge in [-0.1, -0.05) is 23.8 Å². The largest absolute Gasteiger partial charge is 0.326 e. The van der Waals surface area contributed by atoms with E-state index in [1.165, 1.54) is 17.4 Å². The fraction of sp³-hybridized carbons (Fsp3) is 0.238. The summed E-state index contributed by atoms with van der Waals surface area (Å²) < 4.78 is 26.4. The molecule has 0 unspecified atom stereocenters. The molecule has 2 N–H and O–H groups in total. The SMILES string of the molecule is Cc1ccc(NC(=O)Cc2nc(CN[C@H](C)c3ccc(F)c(F)c3)cs2)cc1. The summed E-state index contributed by atoms with van der Waals surface area (Å²) in [6.07, 6.45) is 0.206. The van der Waals surface area contributed by atoms with Gasteiger partial charge in [0.25, 0.3) is 0 Å². The number of thiazole rings is 1. The zero-order chi connectivity index (χ0) is 20.1. The minimum absolute atomic E-state index is 0.118. The maximum atomic E-state index is 13.4. The highest BCUT2D eigenvalue weighted by atomic mass is 32.1. The van der Waals surface area contributed by atoms with Gasteiger partial charge in [0, 0.05) is 23.7 Å². The first kappa shape index (κ1) is 20.1. The lowest BCUT2D eigenvalue weighted by atomic mass is 10.1. The third-order valence-electron chi connectivity index (χ3n) is 4.28. The Morgan fingerprint density at radius 1 is 1.14 bits per heavy atom. The monoisotopic (exact) mass is 401 g/mol. The van der Waals surface area contributed by atoms with Crippen LogP contribution < -0.4 is 10.6 Å². The predicted molar refractivity (Wildman–Crippen MR) is 107 cm³/mol. The van der Waals surface area contributed by atoms with E-state index in [2.05, 4.69) is 15.6 Å². The number of aryl methyl sites for hydroxylation is 1. The number of hydrogen-bond donors (Lipinski definition) is 2. The van der Waals surface area contributed by atoms with Crippen LogP contribution in [0.25, 0.3) is 0 Å². The summed E-state index contributed by atoms with van der Waals surface area (Å²) in [7, 11) is 0. The molecule has 4 nitrogen and oxygen atoms in total. The van der Waals surface area contributed by atoms with Crippen LogP contribution in [-0.4, -0.2) is 10.9 Å². The molecule has 0 aliphatic rings. The molecule has 2 aromatic carbocycles. The van der Waals surface area contributed by atoms with Gasteiger partial charge in [-0.15, -0.1) is 11.3 Å². The average molecular weight is 401 g/mol. The van der Waals surface area contributed by atoms with Crippen LogP contribution in [0.5, 0.6) is 0 Å². The lowest BCUT2D eigenvalue weighted by molar-refractivity contribution is -0.115. The van der Waals surface area contributed by atoms with Crippen LogP contribution in [-0.2, 0) is 17.8 Å². The number of nitrogens with zero attached hydrogens (tertiary/aromatic N) is 1. The molecule has 0 radical (unpaired) electrons. The molecule has 1 atom stereocenters. The Labute approximate surface area is 166 Å². The van der Waals surface area contributed by atoms with Crippen molar-refractivity contribution in [3.63, 3.8) is 0 Å². The molecular formula is C21H21F2N3OS. The summed E-state index contributed by atoms with van der Waals surface area (Å²) in [5, 5.41) is 8.69. The molecule has 1 aromatic heterocycles. The van der Waals surface area contributed by atoms with E-state index in [1.807, 2.05) is 43.5 Å². The highest BCUT2D eigenvalue weighted by molar-refractivity contribution is 7.09. The van der Waals surface area contributed by atoms with Crippen LogP contribution in [0.3, 0.4) is 0 Å². The van der Waals surface area contributed by atoms with Gasteiger partial charge in [0.05, 0.1) is 12.1 Å². The normalized spacial score (nSPS) is 12.0. The van der Waals surface area contributed by atoms with Crippen molar-refractivity contribution in [2.45, 2.75) is 32.9 Å². The van der Waals surface area contributed by atoms with Crippen LogP contribution in [0.15, 0.2) is 47.8 Å². The fourth-order valence-electron chi connectivity index (χ4n) is 2.65. The highest BCUT2D eigenvalue weighted by Crippen LogP contribution is 2.18. The van der Waals surface area contributed by atoms with Gasteiger partial charge in [-0.05, 0) is 43.7 Å². The number of halogens is 2. The molecule has 7 heteroatoms. The Kier molecular flexibility index (Phi) is 6.49. The van der Waals surface area contributed by atoms with Crippen LogP contribution >= 0.6 is 11.3 Å². The van der Waals surface area contributed by atoms with E-state index in [4.69, 9.17) is 0 Å². The van der Waals surface area contributed by atoms with E-state index in [0.29, 0.717) is 12.1 Å². The first-order valence-corrected chi connectivity index (χ1v) is 9.77. The molecule has 0 fully saturated rings. The zero-order valence-electron chi connectivity index (χ0n) is 15.6. The van der Waals surface area contributed by atoms with Gasteiger partial charge in [-0.3, -0.25) is 4.79 Å². The fourth-order valence-corrected chi connectivity index (χ4v) is 3.44. The second kappa shape index (κ2) is 9.03. The Bertz CT molecular complexity index is 957. The van der Waals surface area contributed by atoms with Crippen molar-refractivity contribution in [2.24, 2.45) is 0 Å². The number of benzene rings is 2. The van der Waals surface area contributed by atoms with Gasteiger partial charge in [0.1, 0.15) is 5.01 Å². The van der Waals surface area contributed by atoms with Gasteiger partial charge in [0.2, 0.25) is 5.91 Å². The quantitative estimate of drug-likeness (QED) is 0.600. The molecule has 146 valence electrons. The predicted octanol–water partition coefficient (Wildman–Crippen LogP) is 4.76. The highest BCUT2D eigenvalue weighted by Gasteiger charge is 2.11. The van der Waals surface area contributed by atoms with Crippen molar-refractivity contribution in [1.29, 1.82) is 0 Å². The molecule has 0 aliphatic carbocycles. The Morgan fingerprint density at radius 2 is 1.89 bits per heavy atom. The molecule has 3 rings (SSSR count). The Balaban J connectivity index is 1.51. The van der Waals surface area contributed by atoms with Gasteiger partial charge in [-0.2, -0.15) is 0 Å². The number of carbonyl (C=O) groups excluding carboxylic acids is 1. The van der Waals surface area contributed by atoms with E-state index in [1.54, 1.807) is 6.07 Å². The topological polar surface area (TPSA) is 54.0 Å². The van der Waals surface area contributed by atoms with Crippen LogP contribution in [0.4, 0.5) is 14.5 Å². The number of rotatable bonds is 7. The van der Waals surface area contributed by atoms with Gasteiger partial charge >= 0.3 is 0 Å². The Morgan fingerprint density at radius 3 is 2.61 bits per heavy atom. The first-order chi connectivity index (χ1) is 13.4. The van der Waals surface area contributed by atoms with Crippen LogP contribution in [0.2, 0.25) is 0 Å². The van der Waals surface area contributed by atoms with E-state index in [9.17, 15) is 13.6 Å². The molecule has 0 bridgehead atoms. The number of nitrogens with one attached hydrogen (secondary N) is 2. The lowest BCUT2D eigenvalue weighted by Gasteiger charge is -2.13. The van der Waals surface area contributed by atoms with Crippen molar-refractivity contribution in [3.8, 4) is 0 Å². The summed E-state index contributed by atoms with van der Waals surface area (Å²) in [6.45, 7) is 4.33. The molecular weight excluding hydrogens is 380 g/mol. The summed E-state index contributed by atoms with van der Waals surface area (Å²) >= 11 is 1.42. The molecule has 28 heavy (non-hydrogen) atoms. The molecule has 1 heterocycles. The molecule has 0 saturated heterocycles. The van der Waals surface area contributed by atoms with Crippen molar-refractivity contribution in [2.75, 3.05) is 5.32 Å². The van der Waals surface area contributed by atoms with Crippen molar-refractivity contribution >= 4 is 22.9 Å². The number of aromatic nitrogens is 1. The van der Waals surface area contributed by atoms with Gasteiger partial charge in [0.15, 0.2) is 11.6 Å². The minimum atomic E-state index is -0.860. The molecule has 1 amide bonds. The van der Waals surface area contributed by atoms with Gasteiger partial charge < -0.3 is 10.6 Å². The molecule has 0 spiro atoms. The van der Waals surface area contributed by atoms with Crippen LogP contribution in [0.1, 0.15) is 34.8 Å². The van der Waals surface area contributed by atoms with E-state index < -0.39 is 11.6 Å². The number of carbonyl (C=O) groups is 1. The summed E-state index contributed by atoms with van der Waals surface area (Å²) in [5.41, 5.74) is 3.35. The second-order valence-electron chi connectivity index (χ2n) is 6.60. The number of hydrogen-bond acceptors (Lipinski definition) is 4. The van der Waals surface area contributed by atoms with Crippen molar-refractivity contribution < 1.29 is 13.6 Å². The average Bonchev–Trinajstić information content (AvgIpc) is 3.11. The molecule has 3 aromatic rings. The maximum Gasteiger partial charge on any atom is 0.231 e. The van der Waals surface area contributed by atoms with Crippen molar-refractivity contribution in [1.82, 2.24) is 10.3 Å². The van der Waals surface area contributed by atoms with Crippen molar-refractivity contribution in [3.05, 3.63) is 81.3 Å². The second-order valence-corrected chi connectivity index (χ2v) is 7.54. The smallest absolute Gasteiger partial charge is 0.231 e. The third kappa shape index (κ3) is 5.43. The third-order valence-corrected chi connectivity index (χ3v) is 5.18. The number of anilines is 1. The van der Waals surface area contributed by atoms with Gasteiger partial charge in [-0.25, -0.2) is 13.8 Å². The first-order valence-electron chi connectivity index (χ1n) is 8.89. The van der Waals surface area contributed by atoms with E-state index in [-0.39, 0.29) is 18.4 Å². The summed E-state index contributed by atoms with van der Waals surface area (Å²) in [4.78, 5) is 16.6. The summed E-state index contributed by atoms with van der Waals surface area (Å²) in [6, 6.07) is 11.3. The minimum Gasteiger partial charge on any atom is -0.326 e. The molecule has 0 saturated carbocycles. The lowest BCUT2D eigenvalue weighted by Crippen LogP contribution is -2.19. The van der Waals surface area contributed by atoms with Crippen LogP contribution in [0, 0.1) is 18.6 Å². The molecule has 0 aliphatic heterocycles. The zero-order valence-corrected chi connectivity index (χ0v) is 16.4. The number of amides is 1. The van der Waals surface area contributed by atoms with E-state index in [0.717, 1.165) is 28.0 Å².